The second-order valence-electron chi connectivity index (χ2n) is 3.82. The molecule has 3 nitrogen and oxygen atoms in total. The van der Waals surface area contributed by atoms with E-state index in [1.807, 2.05) is 0 Å². The molecule has 0 fully saturated rings. The lowest BCUT2D eigenvalue weighted by Gasteiger charge is -2.13. The summed E-state index contributed by atoms with van der Waals surface area (Å²) in [4.78, 5) is 7.96. The number of halogens is 3. The fourth-order valence-corrected chi connectivity index (χ4v) is 1.80. The predicted octanol–water partition coefficient (Wildman–Crippen LogP) is 2.87. The van der Waals surface area contributed by atoms with Crippen molar-refractivity contribution >= 4 is 12.6 Å². The maximum absolute atomic E-state index is 12.4. The minimum absolute atomic E-state index is 0.248. The normalized spacial score (nSPS) is 13.3. The molecular formula is C12H9F3N2OS. The Morgan fingerprint density at radius 3 is 2.32 bits per heavy atom. The molecule has 100 valence electrons. The fraction of sp³-hybridized carbons (Fsp3) is 0.167. The van der Waals surface area contributed by atoms with Gasteiger partial charge in [0.25, 0.3) is 0 Å². The van der Waals surface area contributed by atoms with Crippen LogP contribution in [-0.4, -0.2) is 15.1 Å². The molecule has 2 aromatic rings. The Bertz CT molecular complexity index is 572. The van der Waals surface area contributed by atoms with E-state index in [1.54, 1.807) is 0 Å². The summed E-state index contributed by atoms with van der Waals surface area (Å²) in [5.41, 5.74) is -0.211. The van der Waals surface area contributed by atoms with E-state index in [4.69, 9.17) is 0 Å². The number of nitrogens with zero attached hydrogens (tertiary/aromatic N) is 2. The number of rotatable bonds is 2. The predicted molar refractivity (Wildman–Crippen MR) is 64.8 cm³/mol. The highest BCUT2D eigenvalue weighted by molar-refractivity contribution is 7.80. The zero-order valence-corrected chi connectivity index (χ0v) is 10.4. The molecule has 1 aromatic carbocycles. The van der Waals surface area contributed by atoms with Gasteiger partial charge in [0, 0.05) is 11.1 Å². The third-order valence-corrected chi connectivity index (χ3v) is 2.88. The van der Waals surface area contributed by atoms with E-state index in [9.17, 15) is 18.3 Å². The molecule has 0 bridgehead atoms. The van der Waals surface area contributed by atoms with Crippen LogP contribution in [0.2, 0.25) is 0 Å². The van der Waals surface area contributed by atoms with Gasteiger partial charge in [0.1, 0.15) is 12.4 Å². The zero-order valence-electron chi connectivity index (χ0n) is 9.46. The number of thiol groups is 1. The van der Waals surface area contributed by atoms with Gasteiger partial charge in [0.2, 0.25) is 0 Å². The van der Waals surface area contributed by atoms with Crippen molar-refractivity contribution in [2.45, 2.75) is 17.2 Å². The van der Waals surface area contributed by atoms with Gasteiger partial charge < -0.3 is 5.11 Å². The van der Waals surface area contributed by atoms with Crippen LogP contribution >= 0.6 is 12.6 Å². The minimum atomic E-state index is -4.40. The topological polar surface area (TPSA) is 46.0 Å². The Hall–Kier alpha value is -1.60. The van der Waals surface area contributed by atoms with Crippen LogP contribution in [0.25, 0.3) is 0 Å². The second-order valence-corrected chi connectivity index (χ2v) is 4.30. The largest absolute Gasteiger partial charge is 0.416 e. The van der Waals surface area contributed by atoms with Crippen LogP contribution in [0.15, 0.2) is 41.7 Å². The lowest BCUT2D eigenvalue weighted by molar-refractivity contribution is -0.137. The van der Waals surface area contributed by atoms with E-state index in [1.165, 1.54) is 24.7 Å². The summed E-state index contributed by atoms with van der Waals surface area (Å²) in [5.74, 6) is 0. The van der Waals surface area contributed by atoms with Crippen molar-refractivity contribution in [3.8, 4) is 0 Å². The first-order valence-electron chi connectivity index (χ1n) is 5.23. The summed E-state index contributed by atoms with van der Waals surface area (Å²) in [5, 5.41) is 10.0. The van der Waals surface area contributed by atoms with Crippen molar-refractivity contribution in [3.05, 3.63) is 53.6 Å². The summed E-state index contributed by atoms with van der Waals surface area (Å²) in [6, 6.07) is 4.25. The van der Waals surface area contributed by atoms with Crippen molar-refractivity contribution in [2.24, 2.45) is 0 Å². The van der Waals surface area contributed by atoms with Crippen LogP contribution in [-0.2, 0) is 6.18 Å². The van der Waals surface area contributed by atoms with Gasteiger partial charge in [-0.3, -0.25) is 0 Å². The van der Waals surface area contributed by atoms with E-state index < -0.39 is 17.8 Å². The van der Waals surface area contributed by atoms with Crippen molar-refractivity contribution in [1.29, 1.82) is 0 Å². The molecule has 0 spiro atoms. The molecule has 1 heterocycles. The molecule has 7 heteroatoms. The Morgan fingerprint density at radius 2 is 1.79 bits per heavy atom. The lowest BCUT2D eigenvalue weighted by atomic mass is 10.0. The van der Waals surface area contributed by atoms with E-state index >= 15 is 0 Å². The first-order chi connectivity index (χ1) is 8.89. The molecule has 2 rings (SSSR count). The van der Waals surface area contributed by atoms with Crippen molar-refractivity contribution < 1.29 is 18.3 Å². The standard InChI is InChI=1S/C12H9F3N2OS/c13-12(14,15)8-3-1-7(2-4-8)11(18)10-9(19)5-16-6-17-10/h1-6,11,18-19H. The highest BCUT2D eigenvalue weighted by atomic mass is 32.1. The monoisotopic (exact) mass is 286 g/mol. The van der Waals surface area contributed by atoms with E-state index in [-0.39, 0.29) is 5.69 Å². The number of aromatic nitrogens is 2. The number of alkyl halides is 3. The number of aliphatic hydroxyl groups excluding tert-OH is 1. The number of hydrogen-bond donors (Lipinski definition) is 2. The summed E-state index contributed by atoms with van der Waals surface area (Å²) in [7, 11) is 0. The Morgan fingerprint density at radius 1 is 1.16 bits per heavy atom. The Balaban J connectivity index is 2.31. The fourth-order valence-electron chi connectivity index (χ4n) is 1.55. The first kappa shape index (κ1) is 13.8. The molecule has 1 atom stereocenters. The van der Waals surface area contributed by atoms with Crippen LogP contribution in [0.5, 0.6) is 0 Å². The van der Waals surface area contributed by atoms with Crippen LogP contribution in [0.1, 0.15) is 22.9 Å². The summed E-state index contributed by atoms with van der Waals surface area (Å²) in [6.45, 7) is 0. The van der Waals surface area contributed by atoms with Gasteiger partial charge in [-0.1, -0.05) is 12.1 Å². The molecule has 0 saturated heterocycles. The summed E-state index contributed by atoms with van der Waals surface area (Å²) in [6.07, 6.45) is -2.90. The molecule has 1 unspecified atom stereocenters. The van der Waals surface area contributed by atoms with Gasteiger partial charge in [-0.2, -0.15) is 13.2 Å². The molecule has 1 N–H and O–H groups in total. The van der Waals surface area contributed by atoms with Gasteiger partial charge >= 0.3 is 6.18 Å². The van der Waals surface area contributed by atoms with Crippen LogP contribution in [0.3, 0.4) is 0 Å². The quantitative estimate of drug-likeness (QED) is 0.834. The molecule has 0 amide bonds. The molecule has 0 aliphatic rings. The average molecular weight is 286 g/mol. The van der Waals surface area contributed by atoms with E-state index in [2.05, 4.69) is 22.6 Å². The maximum Gasteiger partial charge on any atom is 0.416 e. The molecule has 0 aliphatic heterocycles. The minimum Gasteiger partial charge on any atom is -0.382 e. The molecule has 0 radical (unpaired) electrons. The molecule has 0 aliphatic carbocycles. The third-order valence-electron chi connectivity index (χ3n) is 2.54. The van der Waals surface area contributed by atoms with Gasteiger partial charge in [0.15, 0.2) is 0 Å². The highest BCUT2D eigenvalue weighted by Gasteiger charge is 2.30. The summed E-state index contributed by atoms with van der Waals surface area (Å²) < 4.78 is 37.2. The van der Waals surface area contributed by atoms with Crippen molar-refractivity contribution in [2.75, 3.05) is 0 Å². The molecular weight excluding hydrogens is 277 g/mol. The Kier molecular flexibility index (Phi) is 3.77. The van der Waals surface area contributed by atoms with Gasteiger partial charge in [0.05, 0.1) is 11.3 Å². The van der Waals surface area contributed by atoms with Crippen LogP contribution in [0, 0.1) is 0 Å². The molecule has 0 saturated carbocycles. The SMILES string of the molecule is OC(c1ccc(C(F)(F)F)cc1)c1ncncc1S. The van der Waals surface area contributed by atoms with Crippen molar-refractivity contribution in [3.63, 3.8) is 0 Å². The summed E-state index contributed by atoms with van der Waals surface area (Å²) >= 11 is 4.09. The number of aliphatic hydroxyl groups is 1. The molecule has 19 heavy (non-hydrogen) atoms. The lowest BCUT2D eigenvalue weighted by Crippen LogP contribution is -2.07. The van der Waals surface area contributed by atoms with Crippen molar-refractivity contribution in [1.82, 2.24) is 9.97 Å². The zero-order chi connectivity index (χ0) is 14.0. The third kappa shape index (κ3) is 3.05. The van der Waals surface area contributed by atoms with Gasteiger partial charge in [-0.15, -0.1) is 12.6 Å². The maximum atomic E-state index is 12.4. The number of benzene rings is 1. The van der Waals surface area contributed by atoms with Gasteiger partial charge in [-0.05, 0) is 17.7 Å². The first-order valence-corrected chi connectivity index (χ1v) is 5.68. The highest BCUT2D eigenvalue weighted by Crippen LogP contribution is 2.31. The second kappa shape index (κ2) is 5.18. The van der Waals surface area contributed by atoms with E-state index in [0.717, 1.165) is 12.1 Å². The Labute approximate surface area is 112 Å². The smallest absolute Gasteiger partial charge is 0.382 e. The van der Waals surface area contributed by atoms with Crippen LogP contribution in [0.4, 0.5) is 13.2 Å². The average Bonchev–Trinajstić information content (AvgIpc) is 2.38. The molecule has 1 aromatic heterocycles. The number of hydrogen-bond acceptors (Lipinski definition) is 4. The van der Waals surface area contributed by atoms with E-state index in [0.29, 0.717) is 10.5 Å². The van der Waals surface area contributed by atoms with Gasteiger partial charge in [-0.25, -0.2) is 9.97 Å². The van der Waals surface area contributed by atoms with Crippen LogP contribution < -0.4 is 0 Å².